The van der Waals surface area contributed by atoms with Gasteiger partial charge >= 0.3 is 0 Å². The molecule has 1 aromatic carbocycles. The van der Waals surface area contributed by atoms with Crippen molar-refractivity contribution in [1.29, 1.82) is 0 Å². The van der Waals surface area contributed by atoms with Crippen molar-refractivity contribution in [2.24, 2.45) is 0 Å². The highest BCUT2D eigenvalue weighted by molar-refractivity contribution is 9.09. The van der Waals surface area contributed by atoms with Crippen molar-refractivity contribution in [3.8, 4) is 0 Å². The average Bonchev–Trinajstić information content (AvgIpc) is 2.78. The minimum atomic E-state index is -0.269. The summed E-state index contributed by atoms with van der Waals surface area (Å²) in [6.45, 7) is 0.721. The van der Waals surface area contributed by atoms with E-state index in [1.54, 1.807) is 0 Å². The molecule has 0 saturated carbocycles. The van der Waals surface area contributed by atoms with E-state index in [-0.39, 0.29) is 23.2 Å². The quantitative estimate of drug-likeness (QED) is 0.488. The van der Waals surface area contributed by atoms with Crippen LogP contribution in [0.25, 0.3) is 0 Å². The number of nitrogens with one attached hydrogen (secondary N) is 1. The summed E-state index contributed by atoms with van der Waals surface area (Å²) < 4.78 is 0. The van der Waals surface area contributed by atoms with Crippen molar-refractivity contribution in [3.63, 3.8) is 0 Å². The Kier molecular flexibility index (Phi) is 4.38. The van der Waals surface area contributed by atoms with Gasteiger partial charge in [0, 0.05) is 18.3 Å². The molecule has 2 aliphatic heterocycles. The smallest absolute Gasteiger partial charge is 0.243 e. The lowest BCUT2D eigenvalue weighted by Crippen LogP contribution is -2.51. The van der Waals surface area contributed by atoms with E-state index in [1.807, 2.05) is 6.07 Å². The molecule has 2 aliphatic rings. The number of imide groups is 1. The van der Waals surface area contributed by atoms with Crippen LogP contribution in [-0.4, -0.2) is 28.1 Å². The van der Waals surface area contributed by atoms with E-state index in [4.69, 9.17) is 12.6 Å². The molecule has 6 heteroatoms. The van der Waals surface area contributed by atoms with Crippen LogP contribution in [0.3, 0.4) is 0 Å². The molecule has 2 heterocycles. The summed E-state index contributed by atoms with van der Waals surface area (Å²) in [5, 5.41) is 3.26. The SMILES string of the molecule is O=C1CCC(N2Cc3c(CCBr)cccc3C2S)C(=O)N1. The van der Waals surface area contributed by atoms with E-state index in [2.05, 4.69) is 38.3 Å². The Balaban J connectivity index is 1.86. The summed E-state index contributed by atoms with van der Waals surface area (Å²) in [4.78, 5) is 25.5. The number of aryl methyl sites for hydroxylation is 1. The van der Waals surface area contributed by atoms with Crippen molar-refractivity contribution in [2.75, 3.05) is 5.33 Å². The van der Waals surface area contributed by atoms with Crippen molar-refractivity contribution in [3.05, 3.63) is 34.9 Å². The highest BCUT2D eigenvalue weighted by Crippen LogP contribution is 2.40. The number of carbonyl (C=O) groups excluding carboxylic acids is 2. The molecule has 112 valence electrons. The highest BCUT2D eigenvalue weighted by atomic mass is 79.9. The summed E-state index contributed by atoms with van der Waals surface area (Å²) in [5.41, 5.74) is 3.77. The number of fused-ring (bicyclic) bond motifs is 1. The van der Waals surface area contributed by atoms with Gasteiger partial charge in [0.1, 0.15) is 0 Å². The van der Waals surface area contributed by atoms with Crippen LogP contribution in [0.4, 0.5) is 0 Å². The topological polar surface area (TPSA) is 49.4 Å². The molecular weight excluding hydrogens is 352 g/mol. The van der Waals surface area contributed by atoms with E-state index < -0.39 is 0 Å². The van der Waals surface area contributed by atoms with Gasteiger partial charge in [-0.25, -0.2) is 0 Å². The van der Waals surface area contributed by atoms with Crippen molar-refractivity contribution < 1.29 is 9.59 Å². The third-order valence-corrected chi connectivity index (χ3v) is 5.19. The van der Waals surface area contributed by atoms with E-state index in [0.29, 0.717) is 12.8 Å². The maximum atomic E-state index is 12.1. The van der Waals surface area contributed by atoms with Crippen LogP contribution >= 0.6 is 28.6 Å². The fourth-order valence-corrected chi connectivity index (χ4v) is 4.06. The lowest BCUT2D eigenvalue weighted by Gasteiger charge is -2.32. The van der Waals surface area contributed by atoms with Gasteiger partial charge in [0.2, 0.25) is 11.8 Å². The monoisotopic (exact) mass is 368 g/mol. The van der Waals surface area contributed by atoms with Gasteiger partial charge in [-0.3, -0.25) is 19.8 Å². The van der Waals surface area contributed by atoms with Gasteiger partial charge < -0.3 is 0 Å². The number of thiol groups is 1. The highest BCUT2D eigenvalue weighted by Gasteiger charge is 2.39. The van der Waals surface area contributed by atoms with Gasteiger partial charge in [-0.15, -0.1) is 0 Å². The van der Waals surface area contributed by atoms with Crippen LogP contribution in [0, 0.1) is 0 Å². The number of hydrogen-bond acceptors (Lipinski definition) is 4. The Morgan fingerprint density at radius 1 is 1.38 bits per heavy atom. The van der Waals surface area contributed by atoms with Gasteiger partial charge in [0.15, 0.2) is 0 Å². The van der Waals surface area contributed by atoms with Crippen molar-refractivity contribution >= 4 is 40.4 Å². The molecule has 0 aliphatic carbocycles. The van der Waals surface area contributed by atoms with Gasteiger partial charge in [-0.05, 0) is 29.5 Å². The molecule has 4 nitrogen and oxygen atoms in total. The normalized spacial score (nSPS) is 25.8. The molecule has 2 unspecified atom stereocenters. The molecule has 1 fully saturated rings. The predicted molar refractivity (Wildman–Crippen MR) is 87.4 cm³/mol. The van der Waals surface area contributed by atoms with Crippen LogP contribution in [0.1, 0.15) is 34.9 Å². The van der Waals surface area contributed by atoms with Crippen LogP contribution in [0.2, 0.25) is 0 Å². The number of alkyl halides is 1. The standard InChI is InChI=1S/C15H17BrN2O2S/c16-7-6-9-2-1-3-10-11(9)8-18(15(10)21)12-4-5-13(19)17-14(12)20/h1-3,12,15,21H,4-8H2,(H,17,19,20). The summed E-state index contributed by atoms with van der Waals surface area (Å²) >= 11 is 8.19. The van der Waals surface area contributed by atoms with Gasteiger partial charge in [0.25, 0.3) is 0 Å². The minimum Gasteiger partial charge on any atom is -0.295 e. The number of piperidine rings is 1. The number of amides is 2. The van der Waals surface area contributed by atoms with Gasteiger partial charge in [-0.2, -0.15) is 12.6 Å². The van der Waals surface area contributed by atoms with Crippen molar-refractivity contribution in [1.82, 2.24) is 10.2 Å². The first-order valence-electron chi connectivity index (χ1n) is 7.06. The molecule has 0 spiro atoms. The van der Waals surface area contributed by atoms with Crippen LogP contribution < -0.4 is 5.32 Å². The molecule has 0 bridgehead atoms. The molecule has 1 saturated heterocycles. The Labute approximate surface area is 137 Å². The van der Waals surface area contributed by atoms with Gasteiger partial charge in [0.05, 0.1) is 11.4 Å². The summed E-state index contributed by atoms with van der Waals surface area (Å²) in [6.07, 6.45) is 1.94. The third-order valence-electron chi connectivity index (χ3n) is 4.22. The molecule has 2 atom stereocenters. The zero-order valence-corrected chi connectivity index (χ0v) is 14.0. The fraction of sp³-hybridized carbons (Fsp3) is 0.467. The van der Waals surface area contributed by atoms with E-state index in [1.165, 1.54) is 16.7 Å². The molecule has 21 heavy (non-hydrogen) atoms. The summed E-state index contributed by atoms with van der Waals surface area (Å²) in [7, 11) is 0. The van der Waals surface area contributed by atoms with E-state index in [0.717, 1.165) is 18.3 Å². The number of rotatable bonds is 3. The minimum absolute atomic E-state index is 0.0840. The van der Waals surface area contributed by atoms with Crippen molar-refractivity contribution in [2.45, 2.75) is 37.2 Å². The number of nitrogens with zero attached hydrogens (tertiary/aromatic N) is 1. The van der Waals surface area contributed by atoms with Crippen LogP contribution in [0.15, 0.2) is 18.2 Å². The average molecular weight is 369 g/mol. The molecule has 1 aromatic rings. The number of halogens is 1. The Morgan fingerprint density at radius 3 is 2.90 bits per heavy atom. The molecule has 2 amide bonds. The summed E-state index contributed by atoms with van der Waals surface area (Å²) in [5.74, 6) is -0.371. The first-order valence-corrected chi connectivity index (χ1v) is 8.69. The second-order valence-corrected chi connectivity index (χ2v) is 6.72. The first-order chi connectivity index (χ1) is 10.1. The van der Waals surface area contributed by atoms with Crippen LogP contribution in [0.5, 0.6) is 0 Å². The lowest BCUT2D eigenvalue weighted by molar-refractivity contribution is -0.137. The van der Waals surface area contributed by atoms with Crippen LogP contribution in [-0.2, 0) is 22.6 Å². The summed E-state index contributed by atoms with van der Waals surface area (Å²) in [6, 6.07) is 5.99. The predicted octanol–water partition coefficient (Wildman–Crippen LogP) is 2.17. The Hall–Kier alpha value is -0.850. The first kappa shape index (κ1) is 15.1. The number of hydrogen-bond donors (Lipinski definition) is 2. The molecule has 0 aromatic heterocycles. The zero-order valence-electron chi connectivity index (χ0n) is 11.5. The zero-order chi connectivity index (χ0) is 15.0. The van der Waals surface area contributed by atoms with E-state index >= 15 is 0 Å². The molecular formula is C15H17BrN2O2S. The lowest BCUT2D eigenvalue weighted by atomic mass is 10.0. The largest absolute Gasteiger partial charge is 0.295 e. The molecule has 0 radical (unpaired) electrons. The number of benzene rings is 1. The maximum Gasteiger partial charge on any atom is 0.243 e. The molecule has 3 rings (SSSR count). The van der Waals surface area contributed by atoms with Gasteiger partial charge in [-0.1, -0.05) is 34.1 Å². The Bertz CT molecular complexity index is 593. The van der Waals surface area contributed by atoms with E-state index in [9.17, 15) is 9.59 Å². The second-order valence-electron chi connectivity index (χ2n) is 5.44. The molecule has 1 N–H and O–H groups in total. The Morgan fingerprint density at radius 2 is 2.19 bits per heavy atom. The second kappa shape index (κ2) is 6.10. The fourth-order valence-electron chi connectivity index (χ4n) is 3.15. The number of carbonyl (C=O) groups is 2. The maximum absolute atomic E-state index is 12.1. The third kappa shape index (κ3) is 2.76.